The van der Waals surface area contributed by atoms with Crippen molar-refractivity contribution in [3.05, 3.63) is 28.3 Å². The van der Waals surface area contributed by atoms with Crippen LogP contribution in [0.1, 0.15) is 20.3 Å². The summed E-state index contributed by atoms with van der Waals surface area (Å²) in [7, 11) is 1.70. The number of hydrogen-bond acceptors (Lipinski definition) is 6. The summed E-state index contributed by atoms with van der Waals surface area (Å²) in [6.07, 6.45) is 1.04. The lowest BCUT2D eigenvalue weighted by Gasteiger charge is -2.50. The van der Waals surface area contributed by atoms with Crippen molar-refractivity contribution < 1.29 is 14.1 Å². The average molecular weight is 291 g/mol. The van der Waals surface area contributed by atoms with Gasteiger partial charge in [-0.1, -0.05) is 19.9 Å². The van der Waals surface area contributed by atoms with Crippen LogP contribution in [0.25, 0.3) is 11.1 Å². The summed E-state index contributed by atoms with van der Waals surface area (Å²) >= 11 is 0. The maximum absolute atomic E-state index is 11.0. The number of nitrogens with one attached hydrogen (secondary N) is 1. The molecule has 21 heavy (non-hydrogen) atoms. The second-order valence-electron chi connectivity index (χ2n) is 5.88. The summed E-state index contributed by atoms with van der Waals surface area (Å²) in [4.78, 5) is 14.7. The van der Waals surface area contributed by atoms with Crippen LogP contribution in [0.2, 0.25) is 0 Å². The van der Waals surface area contributed by atoms with Crippen molar-refractivity contribution >= 4 is 22.8 Å². The Bertz CT molecular complexity index is 695. The lowest BCUT2D eigenvalue weighted by Crippen LogP contribution is -2.57. The Labute approximate surface area is 121 Å². The van der Waals surface area contributed by atoms with Crippen LogP contribution in [-0.4, -0.2) is 29.2 Å². The molecule has 0 aliphatic heterocycles. The molecule has 2 unspecified atom stereocenters. The smallest absolute Gasteiger partial charge is 0.298 e. The van der Waals surface area contributed by atoms with Crippen LogP contribution in [0.4, 0.5) is 11.7 Å². The Morgan fingerprint density at radius 2 is 2.29 bits per heavy atom. The average Bonchev–Trinajstić information content (AvgIpc) is 2.85. The topological polar surface area (TPSA) is 90.4 Å². The van der Waals surface area contributed by atoms with Crippen LogP contribution >= 0.6 is 0 Å². The van der Waals surface area contributed by atoms with Gasteiger partial charge in [0.1, 0.15) is 0 Å². The number of non-ortho nitro benzene ring substituents is 1. The second kappa shape index (κ2) is 4.70. The van der Waals surface area contributed by atoms with Gasteiger partial charge in [-0.3, -0.25) is 10.1 Å². The number of nitro groups is 1. The second-order valence-corrected chi connectivity index (χ2v) is 5.88. The summed E-state index contributed by atoms with van der Waals surface area (Å²) < 4.78 is 11.0. The number of ether oxygens (including phenoxy) is 1. The zero-order valence-electron chi connectivity index (χ0n) is 12.1. The number of methoxy groups -OCH3 is 1. The van der Waals surface area contributed by atoms with Crippen LogP contribution in [0, 0.1) is 15.5 Å². The lowest BCUT2D eigenvalue weighted by molar-refractivity contribution is -0.383. The van der Waals surface area contributed by atoms with Crippen LogP contribution in [-0.2, 0) is 4.74 Å². The first-order valence-electron chi connectivity index (χ1n) is 6.76. The molecule has 112 valence electrons. The molecule has 1 aromatic heterocycles. The Kier molecular flexibility index (Phi) is 3.09. The predicted molar refractivity (Wildman–Crippen MR) is 77.3 cm³/mol. The fraction of sp³-hybridized carbons (Fsp3) is 0.500. The van der Waals surface area contributed by atoms with E-state index >= 15 is 0 Å². The normalized spacial score (nSPS) is 23.8. The molecule has 2 atom stereocenters. The Morgan fingerprint density at radius 3 is 2.90 bits per heavy atom. The summed E-state index contributed by atoms with van der Waals surface area (Å²) in [6.45, 7) is 4.21. The predicted octanol–water partition coefficient (Wildman–Crippen LogP) is 2.96. The van der Waals surface area contributed by atoms with Gasteiger partial charge in [0.05, 0.1) is 11.0 Å². The van der Waals surface area contributed by atoms with E-state index in [-0.39, 0.29) is 28.8 Å². The molecule has 1 aliphatic carbocycles. The fourth-order valence-corrected chi connectivity index (χ4v) is 2.82. The highest BCUT2D eigenvalue weighted by Gasteiger charge is 2.49. The SMILES string of the molecule is COC1CC(Nc2nc3c([N+](=O)[O-])cccc3o2)C1(C)C. The number of para-hydroxylation sites is 1. The van der Waals surface area contributed by atoms with E-state index in [1.54, 1.807) is 19.2 Å². The number of hydrogen-bond donors (Lipinski definition) is 1. The summed E-state index contributed by atoms with van der Waals surface area (Å²) in [5.41, 5.74) is 0.589. The van der Waals surface area contributed by atoms with Gasteiger partial charge < -0.3 is 14.5 Å². The van der Waals surface area contributed by atoms with Crippen molar-refractivity contribution in [3.8, 4) is 0 Å². The van der Waals surface area contributed by atoms with E-state index in [0.717, 1.165) is 6.42 Å². The van der Waals surface area contributed by atoms with Crippen molar-refractivity contribution in [2.75, 3.05) is 12.4 Å². The quantitative estimate of drug-likeness (QED) is 0.688. The molecule has 0 spiro atoms. The number of benzene rings is 1. The summed E-state index contributed by atoms with van der Waals surface area (Å²) in [5.74, 6) is 0. The van der Waals surface area contributed by atoms with Gasteiger partial charge in [0.2, 0.25) is 0 Å². The zero-order chi connectivity index (χ0) is 15.2. The number of rotatable bonds is 4. The minimum Gasteiger partial charge on any atom is -0.423 e. The van der Waals surface area contributed by atoms with E-state index < -0.39 is 4.92 Å². The van der Waals surface area contributed by atoms with E-state index in [1.165, 1.54) is 6.07 Å². The first-order chi connectivity index (χ1) is 9.93. The van der Waals surface area contributed by atoms with Gasteiger partial charge in [-0.2, -0.15) is 4.98 Å². The number of oxazole rings is 1. The first kappa shape index (κ1) is 13.8. The van der Waals surface area contributed by atoms with Gasteiger partial charge in [-0.05, 0) is 12.5 Å². The largest absolute Gasteiger partial charge is 0.423 e. The van der Waals surface area contributed by atoms with E-state index in [0.29, 0.717) is 11.6 Å². The molecular weight excluding hydrogens is 274 g/mol. The third kappa shape index (κ3) is 2.13. The molecule has 1 aromatic carbocycles. The maximum Gasteiger partial charge on any atom is 0.298 e. The van der Waals surface area contributed by atoms with Gasteiger partial charge in [0, 0.05) is 24.6 Å². The van der Waals surface area contributed by atoms with Gasteiger partial charge in [0.25, 0.3) is 11.7 Å². The van der Waals surface area contributed by atoms with Crippen LogP contribution < -0.4 is 5.32 Å². The molecule has 3 rings (SSSR count). The monoisotopic (exact) mass is 291 g/mol. The Morgan fingerprint density at radius 1 is 1.52 bits per heavy atom. The molecule has 1 fully saturated rings. The van der Waals surface area contributed by atoms with E-state index in [9.17, 15) is 10.1 Å². The highest BCUT2D eigenvalue weighted by atomic mass is 16.6. The molecule has 1 heterocycles. The van der Waals surface area contributed by atoms with Gasteiger partial charge in [-0.25, -0.2) is 0 Å². The number of nitrogens with zero attached hydrogens (tertiary/aromatic N) is 2. The molecule has 0 amide bonds. The molecule has 7 heteroatoms. The number of aromatic nitrogens is 1. The van der Waals surface area contributed by atoms with Crippen molar-refractivity contribution in [2.24, 2.45) is 5.41 Å². The first-order valence-corrected chi connectivity index (χ1v) is 6.76. The van der Waals surface area contributed by atoms with Crippen LogP contribution in [0.3, 0.4) is 0 Å². The summed E-state index contributed by atoms with van der Waals surface area (Å²) in [6, 6.07) is 5.15. The van der Waals surface area contributed by atoms with Crippen molar-refractivity contribution in [3.63, 3.8) is 0 Å². The van der Waals surface area contributed by atoms with Crippen molar-refractivity contribution in [2.45, 2.75) is 32.4 Å². The molecule has 0 bridgehead atoms. The molecule has 7 nitrogen and oxygen atoms in total. The van der Waals surface area contributed by atoms with E-state index in [1.807, 2.05) is 0 Å². The third-order valence-corrected chi connectivity index (χ3v) is 4.35. The lowest BCUT2D eigenvalue weighted by atomic mass is 9.64. The fourth-order valence-electron chi connectivity index (χ4n) is 2.82. The zero-order valence-corrected chi connectivity index (χ0v) is 12.1. The molecule has 1 N–H and O–H groups in total. The Balaban J connectivity index is 1.86. The highest BCUT2D eigenvalue weighted by Crippen LogP contribution is 2.44. The number of nitro benzene ring substituents is 1. The van der Waals surface area contributed by atoms with Gasteiger partial charge in [0.15, 0.2) is 11.1 Å². The molecule has 0 saturated heterocycles. The minimum atomic E-state index is -0.455. The van der Waals surface area contributed by atoms with Crippen LogP contribution in [0.5, 0.6) is 0 Å². The molecule has 0 radical (unpaired) electrons. The molecular formula is C14H17N3O4. The Hall–Kier alpha value is -2.15. The third-order valence-electron chi connectivity index (χ3n) is 4.35. The summed E-state index contributed by atoms with van der Waals surface area (Å²) in [5, 5.41) is 14.2. The van der Waals surface area contributed by atoms with E-state index in [4.69, 9.17) is 9.15 Å². The number of fused-ring (bicyclic) bond motifs is 1. The highest BCUT2D eigenvalue weighted by molar-refractivity contribution is 5.84. The van der Waals surface area contributed by atoms with Crippen molar-refractivity contribution in [1.29, 1.82) is 0 Å². The van der Waals surface area contributed by atoms with Crippen LogP contribution in [0.15, 0.2) is 22.6 Å². The molecule has 2 aromatic rings. The standard InChI is InChI=1S/C14H17N3O4/c1-14(2)10(7-11(14)20-3)15-13-16-12-8(17(18)19)5-4-6-9(12)21-13/h4-6,10-11H,7H2,1-3H3,(H,15,16). The molecule has 1 aliphatic rings. The minimum absolute atomic E-state index is 0.0403. The van der Waals surface area contributed by atoms with Gasteiger partial charge >= 0.3 is 0 Å². The van der Waals surface area contributed by atoms with Crippen molar-refractivity contribution in [1.82, 2.24) is 4.98 Å². The van der Waals surface area contributed by atoms with E-state index in [2.05, 4.69) is 24.1 Å². The van der Waals surface area contributed by atoms with Gasteiger partial charge in [-0.15, -0.1) is 0 Å². The maximum atomic E-state index is 11.0. The number of anilines is 1. The molecule has 1 saturated carbocycles.